The maximum atomic E-state index is 13.8. The molecule has 3 nitrogen and oxygen atoms in total. The Balaban J connectivity index is 1.95. The number of imidazole rings is 1. The van der Waals surface area contributed by atoms with E-state index in [0.717, 1.165) is 23.3 Å². The first-order chi connectivity index (χ1) is 9.54. The quantitative estimate of drug-likeness (QED) is 0.871. The Morgan fingerprint density at radius 3 is 2.90 bits per heavy atom. The first-order valence-corrected chi connectivity index (χ1v) is 7.49. The van der Waals surface area contributed by atoms with Gasteiger partial charge in [-0.05, 0) is 24.6 Å². The Kier molecular flexibility index (Phi) is 5.31. The molecule has 1 heterocycles. The summed E-state index contributed by atoms with van der Waals surface area (Å²) in [6.45, 7) is 6.54. The molecule has 0 radical (unpaired) electrons. The molecule has 1 aromatic carbocycles. The number of nitrogens with one attached hydrogen (secondary N) is 1. The van der Waals surface area contributed by atoms with Crippen LogP contribution in [0.3, 0.4) is 0 Å². The lowest BCUT2D eigenvalue weighted by molar-refractivity contribution is 0.548. The van der Waals surface area contributed by atoms with E-state index in [2.05, 4.69) is 40.1 Å². The van der Waals surface area contributed by atoms with Crippen LogP contribution in [0.4, 0.5) is 4.39 Å². The fourth-order valence-electron chi connectivity index (χ4n) is 1.92. The van der Waals surface area contributed by atoms with Crippen LogP contribution in [0.15, 0.2) is 35.2 Å². The molecule has 0 aliphatic rings. The molecule has 0 saturated heterocycles. The van der Waals surface area contributed by atoms with Gasteiger partial charge in [-0.25, -0.2) is 9.37 Å². The fraction of sp³-hybridized carbons (Fsp3) is 0.400. The molecule has 0 atom stereocenters. The summed E-state index contributed by atoms with van der Waals surface area (Å²) in [5, 5.41) is 3.34. The molecule has 20 heavy (non-hydrogen) atoms. The number of rotatable bonds is 6. The van der Waals surface area contributed by atoms with Gasteiger partial charge < -0.3 is 9.88 Å². The molecule has 0 amide bonds. The minimum atomic E-state index is -0.201. The van der Waals surface area contributed by atoms with Crippen molar-refractivity contribution in [3.05, 3.63) is 52.3 Å². The zero-order valence-electron chi connectivity index (χ0n) is 11.7. The van der Waals surface area contributed by atoms with E-state index in [1.807, 2.05) is 16.8 Å². The number of hydrogen-bond donors (Lipinski definition) is 1. The summed E-state index contributed by atoms with van der Waals surface area (Å²) in [5.74, 6) is 0.418. The average molecular weight is 340 g/mol. The van der Waals surface area contributed by atoms with Gasteiger partial charge in [0.2, 0.25) is 0 Å². The highest BCUT2D eigenvalue weighted by atomic mass is 79.9. The molecule has 0 bridgehead atoms. The molecule has 1 N–H and O–H groups in total. The van der Waals surface area contributed by atoms with Crippen molar-refractivity contribution in [3.8, 4) is 0 Å². The lowest BCUT2D eigenvalue weighted by Gasteiger charge is -2.05. The molecule has 1 aromatic heterocycles. The van der Waals surface area contributed by atoms with Crippen molar-refractivity contribution in [1.82, 2.24) is 14.9 Å². The predicted octanol–water partition coefficient (Wildman–Crippen LogP) is 3.58. The van der Waals surface area contributed by atoms with Crippen LogP contribution in [0.1, 0.15) is 25.1 Å². The molecular weight excluding hydrogens is 321 g/mol. The third-order valence-electron chi connectivity index (χ3n) is 2.91. The number of benzene rings is 1. The minimum absolute atomic E-state index is 0.201. The van der Waals surface area contributed by atoms with Gasteiger partial charge in [0.15, 0.2) is 0 Å². The Morgan fingerprint density at radius 1 is 1.40 bits per heavy atom. The number of aromatic nitrogens is 2. The Hall–Kier alpha value is -1.20. The molecule has 0 unspecified atom stereocenters. The molecule has 108 valence electrons. The first-order valence-electron chi connectivity index (χ1n) is 6.70. The van der Waals surface area contributed by atoms with Gasteiger partial charge >= 0.3 is 0 Å². The summed E-state index contributed by atoms with van der Waals surface area (Å²) in [7, 11) is 0. The number of halogens is 2. The van der Waals surface area contributed by atoms with Crippen molar-refractivity contribution in [2.75, 3.05) is 6.54 Å². The molecule has 2 rings (SSSR count). The standard InChI is InChI=1S/C15H19BrFN3/c1-11(2)6-18-7-14-9-20(10-19-14)8-12-3-4-13(16)5-15(12)17/h3-5,9-11,18H,6-8H2,1-2H3. The van der Waals surface area contributed by atoms with Crippen molar-refractivity contribution in [3.63, 3.8) is 0 Å². The van der Waals surface area contributed by atoms with Crippen molar-refractivity contribution < 1.29 is 4.39 Å². The Labute approximate surface area is 127 Å². The van der Waals surface area contributed by atoms with Gasteiger partial charge in [-0.2, -0.15) is 0 Å². The van der Waals surface area contributed by atoms with Gasteiger partial charge in [0.05, 0.1) is 18.6 Å². The van der Waals surface area contributed by atoms with Gasteiger partial charge in [-0.1, -0.05) is 35.8 Å². The van der Waals surface area contributed by atoms with E-state index >= 15 is 0 Å². The van der Waals surface area contributed by atoms with E-state index in [0.29, 0.717) is 18.0 Å². The lowest BCUT2D eigenvalue weighted by Crippen LogP contribution is -2.19. The number of hydrogen-bond acceptors (Lipinski definition) is 2. The van der Waals surface area contributed by atoms with Crippen LogP contribution in [-0.4, -0.2) is 16.1 Å². The molecule has 0 fully saturated rings. The third-order valence-corrected chi connectivity index (χ3v) is 3.41. The highest BCUT2D eigenvalue weighted by Crippen LogP contribution is 2.16. The summed E-state index contributed by atoms with van der Waals surface area (Å²) in [6.07, 6.45) is 3.70. The highest BCUT2D eigenvalue weighted by molar-refractivity contribution is 9.10. The molecular formula is C15H19BrFN3. The van der Waals surface area contributed by atoms with Crippen LogP contribution in [-0.2, 0) is 13.1 Å². The molecule has 0 aliphatic heterocycles. The molecule has 5 heteroatoms. The summed E-state index contributed by atoms with van der Waals surface area (Å²) in [5.41, 5.74) is 1.63. The van der Waals surface area contributed by atoms with E-state index in [9.17, 15) is 4.39 Å². The summed E-state index contributed by atoms with van der Waals surface area (Å²) in [4.78, 5) is 4.33. The van der Waals surface area contributed by atoms with Crippen LogP contribution in [0.25, 0.3) is 0 Å². The molecule has 0 saturated carbocycles. The van der Waals surface area contributed by atoms with Gasteiger partial charge in [0.25, 0.3) is 0 Å². The van der Waals surface area contributed by atoms with Crippen LogP contribution in [0, 0.1) is 11.7 Å². The first kappa shape index (κ1) is 15.2. The highest BCUT2D eigenvalue weighted by Gasteiger charge is 2.05. The van der Waals surface area contributed by atoms with E-state index in [-0.39, 0.29) is 5.82 Å². The van der Waals surface area contributed by atoms with Gasteiger partial charge in [0.1, 0.15) is 5.82 Å². The van der Waals surface area contributed by atoms with E-state index < -0.39 is 0 Å². The van der Waals surface area contributed by atoms with Crippen LogP contribution in [0.5, 0.6) is 0 Å². The molecule has 0 aliphatic carbocycles. The summed E-state index contributed by atoms with van der Waals surface area (Å²) >= 11 is 3.26. The summed E-state index contributed by atoms with van der Waals surface area (Å²) < 4.78 is 16.4. The van der Waals surface area contributed by atoms with Crippen LogP contribution in [0.2, 0.25) is 0 Å². The monoisotopic (exact) mass is 339 g/mol. The van der Waals surface area contributed by atoms with Gasteiger partial charge in [-0.15, -0.1) is 0 Å². The third kappa shape index (κ3) is 4.42. The van der Waals surface area contributed by atoms with Crippen LogP contribution < -0.4 is 5.32 Å². The van der Waals surface area contributed by atoms with Crippen molar-refractivity contribution in [1.29, 1.82) is 0 Å². The van der Waals surface area contributed by atoms with E-state index in [1.165, 1.54) is 6.07 Å². The van der Waals surface area contributed by atoms with E-state index in [1.54, 1.807) is 12.4 Å². The second-order valence-electron chi connectivity index (χ2n) is 5.30. The maximum absolute atomic E-state index is 13.8. The van der Waals surface area contributed by atoms with Crippen molar-refractivity contribution >= 4 is 15.9 Å². The summed E-state index contributed by atoms with van der Waals surface area (Å²) in [6, 6.07) is 5.12. The second-order valence-corrected chi connectivity index (χ2v) is 6.21. The van der Waals surface area contributed by atoms with Gasteiger partial charge in [0, 0.05) is 22.8 Å². The maximum Gasteiger partial charge on any atom is 0.129 e. The van der Waals surface area contributed by atoms with E-state index in [4.69, 9.17) is 0 Å². The zero-order valence-corrected chi connectivity index (χ0v) is 13.3. The zero-order chi connectivity index (χ0) is 14.5. The molecule has 2 aromatic rings. The second kappa shape index (κ2) is 6.99. The lowest BCUT2D eigenvalue weighted by atomic mass is 10.2. The minimum Gasteiger partial charge on any atom is -0.333 e. The topological polar surface area (TPSA) is 29.9 Å². The predicted molar refractivity (Wildman–Crippen MR) is 82.0 cm³/mol. The Bertz CT molecular complexity index is 566. The van der Waals surface area contributed by atoms with Crippen molar-refractivity contribution in [2.24, 2.45) is 5.92 Å². The van der Waals surface area contributed by atoms with Gasteiger partial charge in [-0.3, -0.25) is 0 Å². The van der Waals surface area contributed by atoms with Crippen LogP contribution >= 0.6 is 15.9 Å². The number of nitrogens with zero attached hydrogens (tertiary/aromatic N) is 2. The van der Waals surface area contributed by atoms with Crippen molar-refractivity contribution in [2.45, 2.75) is 26.9 Å². The molecule has 0 spiro atoms. The Morgan fingerprint density at radius 2 is 2.20 bits per heavy atom. The normalized spacial score (nSPS) is 11.2. The SMILES string of the molecule is CC(C)CNCc1cn(Cc2ccc(Br)cc2F)cn1. The average Bonchev–Trinajstić information content (AvgIpc) is 2.80. The fourth-order valence-corrected chi connectivity index (χ4v) is 2.25. The largest absolute Gasteiger partial charge is 0.333 e. The smallest absolute Gasteiger partial charge is 0.129 e.